The summed E-state index contributed by atoms with van der Waals surface area (Å²) in [5.41, 5.74) is 0.972. The van der Waals surface area contributed by atoms with Crippen LogP contribution in [0.1, 0.15) is 64.7 Å². The van der Waals surface area contributed by atoms with Gasteiger partial charge in [-0.2, -0.15) is 0 Å². The van der Waals surface area contributed by atoms with Crippen LogP contribution >= 0.6 is 0 Å². The first-order valence-corrected chi connectivity index (χ1v) is 15.4. The van der Waals surface area contributed by atoms with Crippen molar-refractivity contribution in [1.29, 1.82) is 0 Å². The number of fused-ring (bicyclic) bond motifs is 1. The number of anilines is 1. The first-order chi connectivity index (χ1) is 20.2. The zero-order chi connectivity index (χ0) is 31.6. The van der Waals surface area contributed by atoms with Gasteiger partial charge in [-0.25, -0.2) is 0 Å². The molecule has 0 aromatic heterocycles. The predicted octanol–water partition coefficient (Wildman–Crippen LogP) is 1.51. The van der Waals surface area contributed by atoms with Crippen LogP contribution in [0.2, 0.25) is 0 Å². The summed E-state index contributed by atoms with van der Waals surface area (Å²) in [5, 5.41) is 5.70. The quantitative estimate of drug-likeness (QED) is 0.467. The molecule has 1 aromatic carbocycles. The van der Waals surface area contributed by atoms with Crippen LogP contribution in [-0.4, -0.2) is 115 Å². The molecule has 4 unspecified atom stereocenters. The molecule has 4 rings (SSSR count). The minimum absolute atomic E-state index is 0.106. The fourth-order valence-corrected chi connectivity index (χ4v) is 6.40. The third-order valence-electron chi connectivity index (χ3n) is 8.76. The summed E-state index contributed by atoms with van der Waals surface area (Å²) in [6, 6.07) is 4.65. The first-order valence-electron chi connectivity index (χ1n) is 15.4. The van der Waals surface area contributed by atoms with Gasteiger partial charge in [-0.3, -0.25) is 24.0 Å². The van der Waals surface area contributed by atoms with Crippen molar-refractivity contribution < 1.29 is 24.0 Å². The van der Waals surface area contributed by atoms with E-state index >= 15 is 0 Å². The lowest BCUT2D eigenvalue weighted by Crippen LogP contribution is -2.56. The molecule has 0 saturated carbocycles. The summed E-state index contributed by atoms with van der Waals surface area (Å²) in [6.07, 6.45) is 0.879. The van der Waals surface area contributed by atoms with E-state index in [4.69, 9.17) is 0 Å². The molecule has 3 aliphatic heterocycles. The molecule has 11 heteroatoms. The van der Waals surface area contributed by atoms with E-state index in [-0.39, 0.29) is 41.9 Å². The summed E-state index contributed by atoms with van der Waals surface area (Å²) in [5.74, 6) is -1.36. The van der Waals surface area contributed by atoms with E-state index in [2.05, 4.69) is 27.5 Å². The molecule has 4 atom stereocenters. The topological polar surface area (TPSA) is 122 Å². The number of hydrogen-bond acceptors (Lipinski definition) is 7. The number of amides is 4. The Kier molecular flexibility index (Phi) is 9.83. The lowest BCUT2D eigenvalue weighted by Gasteiger charge is -2.35. The van der Waals surface area contributed by atoms with Crippen molar-refractivity contribution in [3.8, 4) is 0 Å². The maximum atomic E-state index is 13.9. The van der Waals surface area contributed by atoms with E-state index in [1.54, 1.807) is 17.0 Å². The van der Waals surface area contributed by atoms with Crippen LogP contribution in [0.15, 0.2) is 24.3 Å². The predicted molar refractivity (Wildman–Crippen MR) is 165 cm³/mol. The van der Waals surface area contributed by atoms with Crippen molar-refractivity contribution in [2.75, 3.05) is 51.2 Å². The summed E-state index contributed by atoms with van der Waals surface area (Å²) in [4.78, 5) is 73.7. The van der Waals surface area contributed by atoms with Crippen molar-refractivity contribution in [3.63, 3.8) is 0 Å². The van der Waals surface area contributed by atoms with E-state index in [0.29, 0.717) is 24.9 Å². The number of nitrogens with zero attached hydrogens (tertiary/aromatic N) is 4. The number of carbonyl (C=O) groups is 5. The maximum Gasteiger partial charge on any atom is 0.251 e. The van der Waals surface area contributed by atoms with Gasteiger partial charge in [-0.05, 0) is 55.5 Å². The number of piperazine rings is 1. The smallest absolute Gasteiger partial charge is 0.251 e. The zero-order valence-electron chi connectivity index (χ0n) is 26.7. The molecule has 1 aromatic rings. The number of hydrogen-bond donors (Lipinski definition) is 2. The standard InChI is InChI=1S/C32H48N6O5/c1-20(2)18-24(34-29(41)22-8-10-23(11-9-22)36-16-14-35(7)15-17-36)30(42)37-13-12-25-27(37)26(40)19-38(25)31(43)28(32(4,5)6)33-21(3)39/h8-11,20,24-25,27-28H,12-19H2,1-7H3,(H,33,39)(H,34,41). The molecule has 11 nitrogen and oxygen atoms in total. The number of rotatable bonds is 8. The van der Waals surface area contributed by atoms with E-state index < -0.39 is 29.6 Å². The van der Waals surface area contributed by atoms with Crippen LogP contribution < -0.4 is 15.5 Å². The molecule has 3 aliphatic rings. The molecular weight excluding hydrogens is 548 g/mol. The number of carbonyl (C=O) groups excluding carboxylic acids is 5. The summed E-state index contributed by atoms with van der Waals surface area (Å²) in [6.45, 7) is 15.0. The molecule has 236 valence electrons. The molecule has 0 bridgehead atoms. The first kappa shape index (κ1) is 32.4. The highest BCUT2D eigenvalue weighted by Gasteiger charge is 2.53. The van der Waals surface area contributed by atoms with Gasteiger partial charge in [-0.1, -0.05) is 34.6 Å². The van der Waals surface area contributed by atoms with Crippen LogP contribution in [0.25, 0.3) is 0 Å². The largest absolute Gasteiger partial charge is 0.369 e. The second-order valence-corrected chi connectivity index (χ2v) is 13.8. The Labute approximate surface area is 255 Å². The minimum Gasteiger partial charge on any atom is -0.369 e. The summed E-state index contributed by atoms with van der Waals surface area (Å²) in [7, 11) is 2.11. The Morgan fingerprint density at radius 1 is 0.907 bits per heavy atom. The highest BCUT2D eigenvalue weighted by Crippen LogP contribution is 2.33. The molecule has 2 N–H and O–H groups in total. The highest BCUT2D eigenvalue weighted by atomic mass is 16.2. The highest BCUT2D eigenvalue weighted by molar-refractivity contribution is 6.01. The molecule has 0 spiro atoms. The average Bonchev–Trinajstić information content (AvgIpc) is 3.51. The number of likely N-dealkylation sites (tertiary alicyclic amines) is 2. The van der Waals surface area contributed by atoms with Crippen molar-refractivity contribution in [3.05, 3.63) is 29.8 Å². The monoisotopic (exact) mass is 596 g/mol. The SMILES string of the molecule is CC(=O)NC(C(=O)N1CC(=O)C2C1CCN2C(=O)C(CC(C)C)NC(=O)c1ccc(N2CCN(C)CC2)cc1)C(C)(C)C. The van der Waals surface area contributed by atoms with Gasteiger partial charge in [0, 0.05) is 50.9 Å². The number of ketones is 1. The van der Waals surface area contributed by atoms with Gasteiger partial charge in [-0.15, -0.1) is 0 Å². The van der Waals surface area contributed by atoms with E-state index in [9.17, 15) is 24.0 Å². The van der Waals surface area contributed by atoms with Crippen LogP contribution in [0.5, 0.6) is 0 Å². The summed E-state index contributed by atoms with van der Waals surface area (Å²) < 4.78 is 0. The van der Waals surface area contributed by atoms with Gasteiger partial charge >= 0.3 is 0 Å². The van der Waals surface area contributed by atoms with Gasteiger partial charge in [0.2, 0.25) is 17.7 Å². The second-order valence-electron chi connectivity index (χ2n) is 13.8. The Morgan fingerprint density at radius 3 is 2.09 bits per heavy atom. The van der Waals surface area contributed by atoms with Crippen molar-refractivity contribution in [1.82, 2.24) is 25.3 Å². The molecule has 3 fully saturated rings. The molecule has 0 radical (unpaired) electrons. The Balaban J connectivity index is 1.46. The summed E-state index contributed by atoms with van der Waals surface area (Å²) >= 11 is 0. The third-order valence-corrected chi connectivity index (χ3v) is 8.76. The van der Waals surface area contributed by atoms with Gasteiger partial charge in [0.1, 0.15) is 18.1 Å². The van der Waals surface area contributed by atoms with E-state index in [1.807, 2.05) is 46.8 Å². The number of Topliss-reactive ketones (excluding diaryl/α,β-unsaturated/α-hetero) is 1. The van der Waals surface area contributed by atoms with Crippen LogP contribution in [0, 0.1) is 11.3 Å². The number of benzene rings is 1. The van der Waals surface area contributed by atoms with Crippen molar-refractivity contribution >= 4 is 35.1 Å². The number of nitrogens with one attached hydrogen (secondary N) is 2. The lowest BCUT2D eigenvalue weighted by molar-refractivity contribution is -0.140. The van der Waals surface area contributed by atoms with Crippen LogP contribution in [-0.2, 0) is 19.2 Å². The Bertz CT molecular complexity index is 1220. The lowest BCUT2D eigenvalue weighted by atomic mass is 9.85. The Morgan fingerprint density at radius 2 is 1.53 bits per heavy atom. The molecule has 43 heavy (non-hydrogen) atoms. The zero-order valence-corrected chi connectivity index (χ0v) is 26.7. The molecule has 3 saturated heterocycles. The minimum atomic E-state index is -0.803. The molecule has 4 amide bonds. The average molecular weight is 597 g/mol. The van der Waals surface area contributed by atoms with Crippen molar-refractivity contribution in [2.24, 2.45) is 11.3 Å². The van der Waals surface area contributed by atoms with E-state index in [1.165, 1.54) is 11.8 Å². The second kappa shape index (κ2) is 13.0. The molecule has 3 heterocycles. The van der Waals surface area contributed by atoms with Gasteiger partial charge in [0.05, 0.1) is 12.6 Å². The fourth-order valence-electron chi connectivity index (χ4n) is 6.40. The van der Waals surface area contributed by atoms with Gasteiger partial charge in [0.15, 0.2) is 5.78 Å². The molecule has 0 aliphatic carbocycles. The van der Waals surface area contributed by atoms with Crippen molar-refractivity contribution in [2.45, 2.75) is 78.6 Å². The van der Waals surface area contributed by atoms with E-state index in [0.717, 1.165) is 31.9 Å². The number of likely N-dealkylation sites (N-methyl/N-ethyl adjacent to an activating group) is 1. The fraction of sp³-hybridized carbons (Fsp3) is 0.656. The van der Waals surface area contributed by atoms with Crippen LogP contribution in [0.4, 0.5) is 5.69 Å². The van der Waals surface area contributed by atoms with Crippen LogP contribution in [0.3, 0.4) is 0 Å². The van der Waals surface area contributed by atoms with Gasteiger partial charge in [0.25, 0.3) is 5.91 Å². The normalized spacial score (nSPS) is 22.4. The third kappa shape index (κ3) is 7.37. The maximum absolute atomic E-state index is 13.9. The van der Waals surface area contributed by atoms with Gasteiger partial charge < -0.3 is 30.2 Å². The molecular formula is C32H48N6O5. The Hall–Kier alpha value is -3.47.